The van der Waals surface area contributed by atoms with Gasteiger partial charge in [-0.2, -0.15) is 0 Å². The standard InChI is InChI=1S/C27H48N7O6P/c1-7-9-11-13-15-39-26(36)27(5,6)33-41(37,32-21(4)25(35)38-14-12-10-8-2)19-40-20(3)16-34-18-31-22-23(28)29-17-30-24(22)34/h17-18,20-21H,7-16,19H2,1-6H3,(H2,28,29,30)(H2,32,33,37)/t20-,21+,41?/m0/s1. The summed E-state index contributed by atoms with van der Waals surface area (Å²) in [6.07, 6.45) is 8.75. The van der Waals surface area contributed by atoms with E-state index in [9.17, 15) is 14.2 Å². The number of unbranched alkanes of at least 4 members (excludes halogenated alkanes) is 5. The maximum atomic E-state index is 14.2. The van der Waals surface area contributed by atoms with Crippen LogP contribution in [0.3, 0.4) is 0 Å². The number of nitrogen functional groups attached to an aromatic ring is 1. The summed E-state index contributed by atoms with van der Waals surface area (Å²) in [7, 11) is -3.69. The maximum Gasteiger partial charge on any atom is 0.326 e. The van der Waals surface area contributed by atoms with Crippen LogP contribution in [0.1, 0.15) is 86.5 Å². The minimum absolute atomic E-state index is 0.273. The molecule has 1 unspecified atom stereocenters. The summed E-state index contributed by atoms with van der Waals surface area (Å²) < 4.78 is 32.7. The molecule has 2 aromatic rings. The molecule has 2 rings (SSSR count). The van der Waals surface area contributed by atoms with E-state index in [-0.39, 0.29) is 25.4 Å². The number of anilines is 1. The zero-order valence-corrected chi connectivity index (χ0v) is 26.2. The summed E-state index contributed by atoms with van der Waals surface area (Å²) in [6.45, 7) is 11.6. The molecule has 232 valence electrons. The van der Waals surface area contributed by atoms with E-state index in [4.69, 9.17) is 19.9 Å². The fourth-order valence-corrected chi connectivity index (χ4v) is 6.48. The van der Waals surface area contributed by atoms with Gasteiger partial charge in [-0.1, -0.05) is 46.0 Å². The second-order valence-electron chi connectivity index (χ2n) is 10.8. The van der Waals surface area contributed by atoms with Crippen molar-refractivity contribution in [3.8, 4) is 0 Å². The molecule has 0 aliphatic heterocycles. The van der Waals surface area contributed by atoms with Gasteiger partial charge in [0, 0.05) is 0 Å². The lowest BCUT2D eigenvalue weighted by Crippen LogP contribution is -2.50. The van der Waals surface area contributed by atoms with Crippen molar-refractivity contribution in [3.63, 3.8) is 0 Å². The van der Waals surface area contributed by atoms with Crippen LogP contribution in [0, 0.1) is 0 Å². The first-order valence-electron chi connectivity index (χ1n) is 14.5. The van der Waals surface area contributed by atoms with Crippen molar-refractivity contribution in [1.29, 1.82) is 0 Å². The molecule has 0 spiro atoms. The molecule has 0 saturated carbocycles. The van der Waals surface area contributed by atoms with Gasteiger partial charge >= 0.3 is 11.9 Å². The summed E-state index contributed by atoms with van der Waals surface area (Å²) >= 11 is 0. The van der Waals surface area contributed by atoms with Crippen molar-refractivity contribution >= 4 is 36.4 Å². The van der Waals surface area contributed by atoms with Crippen LogP contribution in [0.4, 0.5) is 5.82 Å². The molecule has 2 heterocycles. The Hall–Kier alpha value is -2.60. The highest BCUT2D eigenvalue weighted by atomic mass is 31.2. The van der Waals surface area contributed by atoms with Crippen molar-refractivity contribution < 1.29 is 28.4 Å². The monoisotopic (exact) mass is 597 g/mol. The van der Waals surface area contributed by atoms with Gasteiger partial charge in [0.2, 0.25) is 7.44 Å². The number of nitrogens with one attached hydrogen (secondary N) is 2. The number of hydrogen-bond acceptors (Lipinski definition) is 10. The summed E-state index contributed by atoms with van der Waals surface area (Å²) in [6, 6.07) is -0.910. The zero-order valence-electron chi connectivity index (χ0n) is 25.4. The van der Waals surface area contributed by atoms with E-state index in [1.807, 2.05) is 6.92 Å². The molecule has 41 heavy (non-hydrogen) atoms. The van der Waals surface area contributed by atoms with Gasteiger partial charge in [0.15, 0.2) is 11.5 Å². The normalized spacial score (nSPS) is 14.9. The SMILES string of the molecule is CCCCCCOC(=O)C(C)(C)NP(=O)(CO[C@@H](C)Cn1cnc2c(N)ncnc21)N[C@H](C)C(=O)OCCCCC. The predicted molar refractivity (Wildman–Crippen MR) is 158 cm³/mol. The molecule has 0 bridgehead atoms. The fourth-order valence-electron chi connectivity index (χ4n) is 4.08. The first-order valence-corrected chi connectivity index (χ1v) is 16.3. The Morgan fingerprint density at radius 3 is 2.39 bits per heavy atom. The largest absolute Gasteiger partial charge is 0.465 e. The third-order valence-electron chi connectivity index (χ3n) is 6.37. The van der Waals surface area contributed by atoms with Crippen molar-refractivity contribution in [3.05, 3.63) is 12.7 Å². The van der Waals surface area contributed by atoms with E-state index >= 15 is 0 Å². The van der Waals surface area contributed by atoms with Gasteiger partial charge in [0.05, 0.1) is 32.2 Å². The zero-order chi connectivity index (χ0) is 30.5. The average Bonchev–Trinajstić information content (AvgIpc) is 3.33. The van der Waals surface area contributed by atoms with Crippen LogP contribution in [0.2, 0.25) is 0 Å². The molecule has 0 radical (unpaired) electrons. The molecule has 0 aromatic carbocycles. The second-order valence-corrected chi connectivity index (χ2v) is 13.1. The van der Waals surface area contributed by atoms with Gasteiger partial charge in [-0.25, -0.2) is 25.1 Å². The van der Waals surface area contributed by atoms with Crippen molar-refractivity contribution in [2.45, 2.75) is 111 Å². The number of carbonyl (C=O) groups is 2. The van der Waals surface area contributed by atoms with Crippen LogP contribution in [0.5, 0.6) is 0 Å². The summed E-state index contributed by atoms with van der Waals surface area (Å²) in [5, 5.41) is 5.78. The average molecular weight is 598 g/mol. The Bertz CT molecular complexity index is 1160. The Labute approximate surface area is 243 Å². The topological polar surface area (TPSA) is 173 Å². The number of fused-ring (bicyclic) bond motifs is 1. The third-order valence-corrected chi connectivity index (χ3v) is 8.61. The Balaban J connectivity index is 2.10. The molecule has 4 N–H and O–H groups in total. The van der Waals surface area contributed by atoms with Gasteiger partial charge in [0.1, 0.15) is 29.8 Å². The highest BCUT2D eigenvalue weighted by Gasteiger charge is 2.39. The van der Waals surface area contributed by atoms with Crippen molar-refractivity contribution in [1.82, 2.24) is 29.7 Å². The lowest BCUT2D eigenvalue weighted by atomic mass is 10.1. The number of nitrogens with two attached hydrogens (primary N) is 1. The lowest BCUT2D eigenvalue weighted by molar-refractivity contribution is -0.149. The molecular formula is C27H48N7O6P. The Kier molecular flexibility index (Phi) is 14.1. The van der Waals surface area contributed by atoms with Crippen LogP contribution < -0.4 is 15.9 Å². The first-order chi connectivity index (χ1) is 19.4. The number of aromatic nitrogens is 4. The van der Waals surface area contributed by atoms with Crippen LogP contribution in [-0.4, -0.2) is 68.7 Å². The molecular weight excluding hydrogens is 549 g/mol. The summed E-state index contributed by atoms with van der Waals surface area (Å²) in [5.41, 5.74) is 5.59. The van der Waals surface area contributed by atoms with Crippen LogP contribution in [0.15, 0.2) is 12.7 Å². The number of nitrogens with zero attached hydrogens (tertiary/aromatic N) is 4. The predicted octanol–water partition coefficient (Wildman–Crippen LogP) is 4.17. The first kappa shape index (κ1) is 34.6. The molecule has 0 amide bonds. The van der Waals surface area contributed by atoms with Crippen LogP contribution in [0.25, 0.3) is 11.2 Å². The van der Waals surface area contributed by atoms with Crippen LogP contribution in [-0.2, 0) is 34.9 Å². The smallest absolute Gasteiger partial charge is 0.326 e. The highest BCUT2D eigenvalue weighted by Crippen LogP contribution is 2.40. The summed E-state index contributed by atoms with van der Waals surface area (Å²) in [4.78, 5) is 38.0. The minimum Gasteiger partial charge on any atom is -0.465 e. The number of carbonyl (C=O) groups excluding carboxylic acids is 2. The van der Waals surface area contributed by atoms with Gasteiger partial charge in [-0.15, -0.1) is 0 Å². The Morgan fingerprint density at radius 2 is 1.68 bits per heavy atom. The fraction of sp³-hybridized carbons (Fsp3) is 0.741. The van der Waals surface area contributed by atoms with Gasteiger partial charge in [0.25, 0.3) is 0 Å². The van der Waals surface area contributed by atoms with E-state index in [1.54, 1.807) is 31.7 Å². The molecule has 0 saturated heterocycles. The van der Waals surface area contributed by atoms with Gasteiger partial charge in [-0.3, -0.25) is 14.2 Å². The van der Waals surface area contributed by atoms with Crippen molar-refractivity contribution in [2.24, 2.45) is 0 Å². The van der Waals surface area contributed by atoms with Crippen molar-refractivity contribution in [2.75, 3.05) is 25.3 Å². The van der Waals surface area contributed by atoms with E-state index in [0.29, 0.717) is 17.7 Å². The molecule has 2 aromatic heterocycles. The molecule has 0 aliphatic rings. The van der Waals surface area contributed by atoms with E-state index < -0.39 is 37.1 Å². The quantitative estimate of drug-likeness (QED) is 0.113. The van der Waals surface area contributed by atoms with E-state index in [0.717, 1.165) is 44.9 Å². The number of imidazole rings is 1. The van der Waals surface area contributed by atoms with Gasteiger partial charge in [-0.05, 0) is 40.5 Å². The number of ether oxygens (including phenoxy) is 3. The lowest BCUT2D eigenvalue weighted by Gasteiger charge is -2.32. The molecule has 14 heteroatoms. The van der Waals surface area contributed by atoms with Gasteiger partial charge < -0.3 is 24.5 Å². The molecule has 3 atom stereocenters. The number of esters is 2. The summed E-state index contributed by atoms with van der Waals surface area (Å²) in [5.74, 6) is -0.800. The second kappa shape index (κ2) is 16.7. The minimum atomic E-state index is -3.69. The number of hydrogen-bond donors (Lipinski definition) is 3. The Morgan fingerprint density at radius 1 is 1.02 bits per heavy atom. The van der Waals surface area contributed by atoms with Crippen LogP contribution >= 0.6 is 7.44 Å². The number of rotatable bonds is 20. The molecule has 13 nitrogen and oxygen atoms in total. The highest BCUT2D eigenvalue weighted by molar-refractivity contribution is 7.59. The molecule has 0 aliphatic carbocycles. The van der Waals surface area contributed by atoms with E-state index in [1.165, 1.54) is 6.33 Å². The van der Waals surface area contributed by atoms with E-state index in [2.05, 4.69) is 39.0 Å². The third kappa shape index (κ3) is 11.3. The maximum absolute atomic E-state index is 14.2. The molecule has 0 fully saturated rings.